The Morgan fingerprint density at radius 1 is 0.288 bits per heavy atom. The highest BCUT2D eigenvalue weighted by atomic mass is 15.0. The molecule has 0 amide bonds. The van der Waals surface area contributed by atoms with Gasteiger partial charge in [-0.25, -0.2) is 15.0 Å². The van der Waals surface area contributed by atoms with Crippen LogP contribution in [0.25, 0.3) is 116 Å². The first kappa shape index (κ1) is 33.2. The highest BCUT2D eigenvalue weighted by molar-refractivity contribution is 6.28. The van der Waals surface area contributed by atoms with Crippen LogP contribution in [0.1, 0.15) is 0 Å². The summed E-state index contributed by atoms with van der Waals surface area (Å²) in [5, 5.41) is 12.0. The van der Waals surface area contributed by atoms with Crippen LogP contribution in [-0.4, -0.2) is 19.5 Å². The minimum absolute atomic E-state index is 0.649. The van der Waals surface area contributed by atoms with E-state index < -0.39 is 0 Å². The molecule has 0 bridgehead atoms. The molecule has 0 saturated heterocycles. The lowest BCUT2D eigenvalue weighted by molar-refractivity contribution is 1.08. The van der Waals surface area contributed by atoms with Gasteiger partial charge in [0.05, 0.1) is 11.0 Å². The van der Waals surface area contributed by atoms with Crippen LogP contribution >= 0.6 is 0 Å². The summed E-state index contributed by atoms with van der Waals surface area (Å²) in [6.07, 6.45) is 0. The van der Waals surface area contributed by atoms with Crippen LogP contribution in [0.4, 0.5) is 0 Å². The number of hydrogen-bond acceptors (Lipinski definition) is 3. The summed E-state index contributed by atoms with van der Waals surface area (Å²) in [5.74, 6) is 1.95. The molecule has 0 aliphatic rings. The Balaban J connectivity index is 1.07. The van der Waals surface area contributed by atoms with Crippen molar-refractivity contribution in [1.29, 1.82) is 0 Å². The number of benzene rings is 10. The van der Waals surface area contributed by atoms with E-state index in [2.05, 4.69) is 174 Å². The van der Waals surface area contributed by atoms with Gasteiger partial charge in [0.15, 0.2) is 17.5 Å². The molecule has 2 heterocycles. The Bertz CT molecular complexity index is 3550. The average Bonchev–Trinajstić information content (AvgIpc) is 3.65. The van der Waals surface area contributed by atoms with E-state index in [0.29, 0.717) is 17.5 Å². The predicted molar refractivity (Wildman–Crippen MR) is 246 cm³/mol. The molecular formula is C55H34N4. The van der Waals surface area contributed by atoms with Gasteiger partial charge in [-0.15, -0.1) is 0 Å². The van der Waals surface area contributed by atoms with Crippen molar-refractivity contribution in [3.05, 3.63) is 206 Å². The summed E-state index contributed by atoms with van der Waals surface area (Å²) in [4.78, 5) is 15.3. The Labute approximate surface area is 340 Å². The van der Waals surface area contributed by atoms with Crippen molar-refractivity contribution in [1.82, 2.24) is 19.5 Å². The Kier molecular flexibility index (Phi) is 7.50. The molecule has 12 rings (SSSR count). The molecule has 0 unspecified atom stereocenters. The largest absolute Gasteiger partial charge is 0.309 e. The van der Waals surface area contributed by atoms with E-state index in [1.807, 2.05) is 36.4 Å². The summed E-state index contributed by atoms with van der Waals surface area (Å²) < 4.78 is 2.40. The van der Waals surface area contributed by atoms with Crippen molar-refractivity contribution in [2.45, 2.75) is 0 Å². The maximum absolute atomic E-state index is 5.17. The number of aromatic nitrogens is 4. The maximum atomic E-state index is 5.17. The van der Waals surface area contributed by atoms with Crippen LogP contribution in [0, 0.1) is 0 Å². The normalized spacial score (nSPS) is 11.7. The van der Waals surface area contributed by atoms with Crippen molar-refractivity contribution in [2.24, 2.45) is 0 Å². The second-order valence-corrected chi connectivity index (χ2v) is 15.2. The Morgan fingerprint density at radius 2 is 0.831 bits per heavy atom. The Hall–Kier alpha value is -7.95. The average molecular weight is 751 g/mol. The zero-order valence-corrected chi connectivity index (χ0v) is 31.9. The van der Waals surface area contributed by atoms with Gasteiger partial charge in [-0.1, -0.05) is 170 Å². The van der Waals surface area contributed by atoms with Crippen molar-refractivity contribution in [3.63, 3.8) is 0 Å². The van der Waals surface area contributed by atoms with E-state index in [4.69, 9.17) is 15.0 Å². The fourth-order valence-corrected chi connectivity index (χ4v) is 9.05. The number of nitrogens with zero attached hydrogens (tertiary/aromatic N) is 4. The van der Waals surface area contributed by atoms with Crippen LogP contribution in [0.2, 0.25) is 0 Å². The van der Waals surface area contributed by atoms with Crippen LogP contribution in [-0.2, 0) is 0 Å². The number of rotatable bonds is 5. The molecular weight excluding hydrogens is 717 g/mol. The van der Waals surface area contributed by atoms with E-state index in [-0.39, 0.29) is 0 Å². The number of hydrogen-bond donors (Lipinski definition) is 0. The molecule has 12 aromatic rings. The van der Waals surface area contributed by atoms with Gasteiger partial charge >= 0.3 is 0 Å². The smallest absolute Gasteiger partial charge is 0.164 e. The second kappa shape index (κ2) is 13.3. The highest BCUT2D eigenvalue weighted by Gasteiger charge is 2.19. The van der Waals surface area contributed by atoms with Crippen LogP contribution in [0.3, 0.4) is 0 Å². The third kappa shape index (κ3) is 5.42. The molecule has 10 aromatic carbocycles. The first-order chi connectivity index (χ1) is 29.2. The summed E-state index contributed by atoms with van der Waals surface area (Å²) in [7, 11) is 0. The van der Waals surface area contributed by atoms with Crippen molar-refractivity contribution in [3.8, 4) is 51.0 Å². The van der Waals surface area contributed by atoms with Crippen molar-refractivity contribution < 1.29 is 0 Å². The standard InChI is InChI=1S/C55H34N4/c1-3-15-36(16-4-1)53-56-54(37-17-5-2-6-18-37)58-55(57-53)47-24-13-23-45-42-20-9-10-21-43(42)48-33-39(27-30-46(48)52(45)47)40-28-31-51-49(34-40)44-22-11-12-25-50(44)59(51)41-29-26-35-14-7-8-19-38(35)32-41/h1-34H. The van der Waals surface area contributed by atoms with Gasteiger partial charge < -0.3 is 4.57 Å². The molecule has 0 fully saturated rings. The number of para-hydroxylation sites is 1. The van der Waals surface area contributed by atoms with Gasteiger partial charge in [-0.05, 0) is 85.2 Å². The van der Waals surface area contributed by atoms with Gasteiger partial charge in [-0.2, -0.15) is 0 Å². The van der Waals surface area contributed by atoms with E-state index >= 15 is 0 Å². The first-order valence-corrected chi connectivity index (χ1v) is 20.0. The topological polar surface area (TPSA) is 43.6 Å². The fourth-order valence-electron chi connectivity index (χ4n) is 9.05. The monoisotopic (exact) mass is 750 g/mol. The molecule has 0 saturated carbocycles. The zero-order valence-electron chi connectivity index (χ0n) is 31.9. The molecule has 0 radical (unpaired) electrons. The molecule has 4 heteroatoms. The molecule has 59 heavy (non-hydrogen) atoms. The molecule has 274 valence electrons. The maximum Gasteiger partial charge on any atom is 0.164 e. The van der Waals surface area contributed by atoms with Crippen LogP contribution < -0.4 is 0 Å². The zero-order chi connectivity index (χ0) is 38.9. The Morgan fingerprint density at radius 3 is 1.58 bits per heavy atom. The lowest BCUT2D eigenvalue weighted by Gasteiger charge is -2.16. The molecule has 0 spiro atoms. The summed E-state index contributed by atoms with van der Waals surface area (Å²) in [6, 6.07) is 73.5. The second-order valence-electron chi connectivity index (χ2n) is 15.2. The summed E-state index contributed by atoms with van der Waals surface area (Å²) >= 11 is 0. The highest BCUT2D eigenvalue weighted by Crippen LogP contribution is 2.42. The van der Waals surface area contributed by atoms with Crippen LogP contribution in [0.5, 0.6) is 0 Å². The third-order valence-corrected chi connectivity index (χ3v) is 11.8. The third-order valence-electron chi connectivity index (χ3n) is 11.8. The quantitative estimate of drug-likeness (QED) is 0.165. The lowest BCUT2D eigenvalue weighted by atomic mass is 9.89. The number of fused-ring (bicyclic) bond motifs is 10. The van der Waals surface area contributed by atoms with E-state index in [1.54, 1.807) is 0 Å². The molecule has 0 N–H and O–H groups in total. The summed E-state index contributed by atoms with van der Waals surface area (Å²) in [6.45, 7) is 0. The molecule has 4 nitrogen and oxygen atoms in total. The van der Waals surface area contributed by atoms with Crippen molar-refractivity contribution in [2.75, 3.05) is 0 Å². The lowest BCUT2D eigenvalue weighted by Crippen LogP contribution is -2.00. The molecule has 0 atom stereocenters. The minimum atomic E-state index is 0.649. The summed E-state index contributed by atoms with van der Waals surface area (Å²) in [5.41, 5.74) is 8.77. The van der Waals surface area contributed by atoms with E-state index in [0.717, 1.165) is 33.2 Å². The van der Waals surface area contributed by atoms with Gasteiger partial charge in [0, 0.05) is 38.5 Å². The van der Waals surface area contributed by atoms with E-state index in [1.165, 1.54) is 65.3 Å². The van der Waals surface area contributed by atoms with Crippen LogP contribution in [0.15, 0.2) is 206 Å². The van der Waals surface area contributed by atoms with Crippen molar-refractivity contribution >= 4 is 64.9 Å². The van der Waals surface area contributed by atoms with Gasteiger partial charge in [0.25, 0.3) is 0 Å². The molecule has 0 aliphatic carbocycles. The van der Waals surface area contributed by atoms with E-state index in [9.17, 15) is 0 Å². The van der Waals surface area contributed by atoms with Gasteiger partial charge in [-0.3, -0.25) is 0 Å². The molecule has 0 aliphatic heterocycles. The fraction of sp³-hybridized carbons (Fsp3) is 0. The van der Waals surface area contributed by atoms with Gasteiger partial charge in [0.1, 0.15) is 0 Å². The van der Waals surface area contributed by atoms with Gasteiger partial charge in [0.2, 0.25) is 0 Å². The predicted octanol–water partition coefficient (Wildman–Crippen LogP) is 14.2. The first-order valence-electron chi connectivity index (χ1n) is 20.0. The SMILES string of the molecule is c1ccc(-c2nc(-c3ccccc3)nc(-c3cccc4c5ccccc5c5cc(-c6ccc7c(c6)c6ccccc6n7-c6ccc7ccccc7c6)ccc5c34)n2)cc1. The minimum Gasteiger partial charge on any atom is -0.309 e. The molecule has 2 aromatic heterocycles.